The summed E-state index contributed by atoms with van der Waals surface area (Å²) in [4.78, 5) is 2.18. The van der Waals surface area contributed by atoms with E-state index in [1.807, 2.05) is 11.8 Å². The highest BCUT2D eigenvalue weighted by atomic mass is 127. The second-order valence-electron chi connectivity index (χ2n) is 5.48. The van der Waals surface area contributed by atoms with E-state index in [2.05, 4.69) is 46.0 Å². The zero-order valence-corrected chi connectivity index (χ0v) is 17.4. The molecule has 0 bridgehead atoms. The first kappa shape index (κ1) is 20.0. The summed E-state index contributed by atoms with van der Waals surface area (Å²) < 4.78 is 8.97. The van der Waals surface area contributed by atoms with E-state index in [0.29, 0.717) is 0 Å². The molecule has 0 atom stereocenters. The van der Waals surface area contributed by atoms with Gasteiger partial charge in [-0.05, 0) is 24.4 Å². The molecule has 2 rings (SSSR count). The van der Waals surface area contributed by atoms with Gasteiger partial charge in [0.15, 0.2) is 0 Å². The summed E-state index contributed by atoms with van der Waals surface area (Å²) in [5.74, 6) is 1.16. The molecule has 0 radical (unpaired) electrons. The van der Waals surface area contributed by atoms with Crippen LogP contribution in [0.3, 0.4) is 0 Å². The second-order valence-corrected chi connectivity index (χ2v) is 7.09. The Kier molecular flexibility index (Phi) is 10.4. The monoisotopic (exact) mass is 451 g/mol. The first-order valence-electron chi connectivity index (χ1n) is 7.84. The molecule has 0 amide bonds. The van der Waals surface area contributed by atoms with E-state index in [9.17, 15) is 0 Å². The van der Waals surface area contributed by atoms with Gasteiger partial charge in [0.05, 0.1) is 11.7 Å². The maximum absolute atomic E-state index is 4.49. The fourth-order valence-electron chi connectivity index (χ4n) is 2.36. The third kappa shape index (κ3) is 6.58. The maximum atomic E-state index is 4.49. The summed E-state index contributed by atoms with van der Waals surface area (Å²) in [5.41, 5.74) is 2.37. The predicted molar refractivity (Wildman–Crippen MR) is 109 cm³/mol. The van der Waals surface area contributed by atoms with Crippen molar-refractivity contribution in [3.63, 3.8) is 0 Å². The lowest BCUT2D eigenvalue weighted by molar-refractivity contribution is 0.512. The molecule has 0 aliphatic carbocycles. The summed E-state index contributed by atoms with van der Waals surface area (Å²) in [7, 11) is 2.09. The lowest BCUT2D eigenvalue weighted by Crippen LogP contribution is -2.16. The summed E-state index contributed by atoms with van der Waals surface area (Å²) in [6, 6.07) is 0. The highest BCUT2D eigenvalue weighted by Gasteiger charge is 2.15. The van der Waals surface area contributed by atoms with E-state index in [1.54, 1.807) is 0 Å². The van der Waals surface area contributed by atoms with E-state index in [-0.39, 0.29) is 24.0 Å². The largest absolute Gasteiger partial charge is 0.376 e. The van der Waals surface area contributed by atoms with Gasteiger partial charge in [0.25, 0.3) is 0 Å². The number of hydrogen-bond donors (Lipinski definition) is 0. The quantitative estimate of drug-likeness (QED) is 0.284. The fraction of sp³-hybridized carbons (Fsp3) is 0.625. The topological polar surface area (TPSA) is 29.0 Å². The van der Waals surface area contributed by atoms with Crippen LogP contribution in [0.1, 0.15) is 51.1 Å². The van der Waals surface area contributed by atoms with Crippen LogP contribution in [0.5, 0.6) is 0 Å². The van der Waals surface area contributed by atoms with Crippen LogP contribution in [0.25, 0.3) is 5.57 Å². The molecule has 6 heteroatoms. The molecule has 3 nitrogen and oxygen atoms in total. The molecular weight excluding hydrogens is 425 g/mol. The van der Waals surface area contributed by atoms with Crippen LogP contribution in [0.4, 0.5) is 0 Å². The minimum atomic E-state index is 0. The Balaban J connectivity index is 0.00000242. The average Bonchev–Trinajstić information content (AvgIpc) is 2.95. The molecule has 0 saturated carbocycles. The molecular formula is C16H26IN3S2. The van der Waals surface area contributed by atoms with Gasteiger partial charge in [0.1, 0.15) is 10.7 Å². The Morgan fingerprint density at radius 2 is 1.95 bits per heavy atom. The summed E-state index contributed by atoms with van der Waals surface area (Å²) >= 11 is 3.20. The fourth-order valence-corrected chi connectivity index (χ4v) is 4.07. The van der Waals surface area contributed by atoms with Crippen molar-refractivity contribution in [1.82, 2.24) is 13.6 Å². The van der Waals surface area contributed by atoms with Gasteiger partial charge in [-0.1, -0.05) is 45.1 Å². The smallest absolute Gasteiger partial charge is 0.138 e. The van der Waals surface area contributed by atoms with E-state index in [0.717, 1.165) is 23.0 Å². The molecule has 124 valence electrons. The summed E-state index contributed by atoms with van der Waals surface area (Å²) in [5, 5.41) is 1.11. The van der Waals surface area contributed by atoms with Crippen molar-refractivity contribution < 1.29 is 0 Å². The highest BCUT2D eigenvalue weighted by Crippen LogP contribution is 2.29. The van der Waals surface area contributed by atoms with Gasteiger partial charge in [-0.15, -0.1) is 35.7 Å². The molecule has 0 fully saturated rings. The standard InChI is InChI=1S/C16H25N3S2.HI/c1-3-4-5-6-7-8-12-20-16-15(17-21-18-16)14-10-9-11-19(2)13-14;/h9-11H,3-8,12-13H2,1-2H3;1H. The van der Waals surface area contributed by atoms with E-state index >= 15 is 0 Å². The van der Waals surface area contributed by atoms with Crippen LogP contribution in [0.15, 0.2) is 23.4 Å². The van der Waals surface area contributed by atoms with Crippen molar-refractivity contribution in [2.75, 3.05) is 19.3 Å². The van der Waals surface area contributed by atoms with Crippen molar-refractivity contribution in [2.45, 2.75) is 50.5 Å². The molecule has 22 heavy (non-hydrogen) atoms. The minimum absolute atomic E-state index is 0. The minimum Gasteiger partial charge on any atom is -0.376 e. The van der Waals surface area contributed by atoms with Crippen molar-refractivity contribution in [3.8, 4) is 0 Å². The zero-order chi connectivity index (χ0) is 14.9. The van der Waals surface area contributed by atoms with Gasteiger partial charge >= 0.3 is 0 Å². The normalized spacial score (nSPS) is 13.9. The Hall–Kier alpha value is -0.0800. The number of aromatic nitrogens is 2. The number of hydrogen-bond acceptors (Lipinski definition) is 5. The van der Waals surface area contributed by atoms with E-state index < -0.39 is 0 Å². The van der Waals surface area contributed by atoms with Gasteiger partial charge in [0.2, 0.25) is 0 Å². The number of unbranched alkanes of at least 4 members (excludes halogenated alkanes) is 5. The lowest BCUT2D eigenvalue weighted by Gasteiger charge is -2.18. The second kappa shape index (κ2) is 11.5. The Morgan fingerprint density at radius 3 is 2.73 bits per heavy atom. The lowest BCUT2D eigenvalue weighted by atomic mass is 10.1. The van der Waals surface area contributed by atoms with Crippen molar-refractivity contribution in [3.05, 3.63) is 24.0 Å². The number of allylic oxidation sites excluding steroid dienone is 2. The molecule has 1 aromatic rings. The summed E-state index contributed by atoms with van der Waals surface area (Å²) in [6.45, 7) is 3.19. The van der Waals surface area contributed by atoms with Gasteiger partial charge in [-0.2, -0.15) is 8.75 Å². The number of likely N-dealkylation sites (N-methyl/N-ethyl adjacent to an activating group) is 1. The molecule has 0 saturated heterocycles. The number of rotatable bonds is 9. The van der Waals surface area contributed by atoms with Crippen LogP contribution in [0.2, 0.25) is 0 Å². The van der Waals surface area contributed by atoms with Crippen LogP contribution < -0.4 is 0 Å². The predicted octanol–water partition coefficient (Wildman–Crippen LogP) is 5.45. The Bertz CT molecular complexity index is 485. The maximum Gasteiger partial charge on any atom is 0.138 e. The molecule has 0 aromatic carbocycles. The first-order chi connectivity index (χ1) is 10.3. The first-order valence-corrected chi connectivity index (χ1v) is 9.56. The van der Waals surface area contributed by atoms with E-state index in [4.69, 9.17) is 0 Å². The van der Waals surface area contributed by atoms with Gasteiger partial charge in [-0.3, -0.25) is 0 Å². The zero-order valence-electron chi connectivity index (χ0n) is 13.5. The summed E-state index contributed by atoms with van der Waals surface area (Å²) in [6.07, 6.45) is 14.4. The van der Waals surface area contributed by atoms with Gasteiger partial charge in [0, 0.05) is 19.2 Å². The third-order valence-electron chi connectivity index (χ3n) is 3.56. The van der Waals surface area contributed by atoms with Gasteiger partial charge < -0.3 is 4.90 Å². The van der Waals surface area contributed by atoms with Crippen LogP contribution >= 0.6 is 47.5 Å². The SMILES string of the molecule is CCCCCCCCSc1nsnc1C1=CC=CN(C)C1.I. The third-order valence-corrected chi connectivity index (χ3v) is 5.25. The molecule has 1 aliphatic heterocycles. The molecule has 1 aromatic heterocycles. The number of thioether (sulfide) groups is 1. The van der Waals surface area contributed by atoms with Crippen molar-refractivity contribution in [2.24, 2.45) is 0 Å². The van der Waals surface area contributed by atoms with Crippen molar-refractivity contribution in [1.29, 1.82) is 0 Å². The molecule has 0 spiro atoms. The highest BCUT2D eigenvalue weighted by molar-refractivity contribution is 14.0. The molecule has 0 unspecified atom stereocenters. The van der Waals surface area contributed by atoms with Crippen LogP contribution in [0, 0.1) is 0 Å². The van der Waals surface area contributed by atoms with Crippen LogP contribution in [-0.2, 0) is 0 Å². The molecule has 1 aliphatic rings. The Morgan fingerprint density at radius 1 is 1.18 bits per heavy atom. The van der Waals surface area contributed by atoms with Gasteiger partial charge in [-0.25, -0.2) is 0 Å². The average molecular weight is 451 g/mol. The van der Waals surface area contributed by atoms with Crippen molar-refractivity contribution >= 4 is 53.0 Å². The Labute approximate surface area is 160 Å². The molecule has 0 N–H and O–H groups in total. The molecule has 2 heterocycles. The number of nitrogens with zero attached hydrogens (tertiary/aromatic N) is 3. The van der Waals surface area contributed by atoms with E-state index in [1.165, 1.54) is 55.8 Å². The van der Waals surface area contributed by atoms with Crippen LogP contribution in [-0.4, -0.2) is 33.0 Å². The number of halogens is 1.